The van der Waals surface area contributed by atoms with Gasteiger partial charge in [0.1, 0.15) is 23.0 Å². The summed E-state index contributed by atoms with van der Waals surface area (Å²) >= 11 is 0. The van der Waals surface area contributed by atoms with Crippen molar-refractivity contribution in [3.05, 3.63) is 44.6 Å². The lowest BCUT2D eigenvalue weighted by molar-refractivity contribution is -0.117. The van der Waals surface area contributed by atoms with Gasteiger partial charge in [-0.15, -0.1) is 0 Å². The van der Waals surface area contributed by atoms with Crippen LogP contribution in [-0.4, -0.2) is 29.4 Å². The SMILES string of the molecule is CCC(C)NC(=O)c1cc(N2CCCC2=O)c(=O)[nH]c1NC1(C)CCCc2oc(C)c(C)c21. The molecule has 33 heavy (non-hydrogen) atoms. The molecule has 2 atom stereocenters. The molecule has 0 spiro atoms. The van der Waals surface area contributed by atoms with E-state index in [1.807, 2.05) is 27.7 Å². The third kappa shape index (κ3) is 4.18. The van der Waals surface area contributed by atoms with Crippen LogP contribution in [0.25, 0.3) is 0 Å². The fraction of sp³-hybridized carbons (Fsp3) is 0.560. The number of hydrogen-bond donors (Lipinski definition) is 3. The Balaban J connectivity index is 1.79. The van der Waals surface area contributed by atoms with Crippen LogP contribution in [0, 0.1) is 13.8 Å². The predicted octanol–water partition coefficient (Wildman–Crippen LogP) is 3.90. The van der Waals surface area contributed by atoms with E-state index in [4.69, 9.17) is 4.42 Å². The highest BCUT2D eigenvalue weighted by Crippen LogP contribution is 2.42. The second-order valence-corrected chi connectivity index (χ2v) is 9.60. The molecule has 2 unspecified atom stereocenters. The van der Waals surface area contributed by atoms with Gasteiger partial charge in [-0.1, -0.05) is 6.92 Å². The van der Waals surface area contributed by atoms with Crippen LogP contribution < -0.4 is 21.1 Å². The fourth-order valence-electron chi connectivity index (χ4n) is 5.03. The van der Waals surface area contributed by atoms with Crippen molar-refractivity contribution in [2.45, 2.75) is 84.7 Å². The average molecular weight is 455 g/mol. The maximum absolute atomic E-state index is 13.3. The highest BCUT2D eigenvalue weighted by atomic mass is 16.3. The van der Waals surface area contributed by atoms with Crippen molar-refractivity contribution in [2.75, 3.05) is 16.8 Å². The largest absolute Gasteiger partial charge is 0.466 e. The minimum Gasteiger partial charge on any atom is -0.466 e. The molecule has 0 saturated carbocycles. The number of nitrogens with zero attached hydrogens (tertiary/aromatic N) is 1. The van der Waals surface area contributed by atoms with Gasteiger partial charge in [0, 0.05) is 31.0 Å². The maximum Gasteiger partial charge on any atom is 0.273 e. The van der Waals surface area contributed by atoms with Crippen molar-refractivity contribution >= 4 is 23.3 Å². The molecule has 2 aromatic rings. The molecule has 0 aromatic carbocycles. The van der Waals surface area contributed by atoms with Crippen LogP contribution >= 0.6 is 0 Å². The number of aryl methyl sites for hydroxylation is 2. The fourth-order valence-corrected chi connectivity index (χ4v) is 5.03. The molecule has 2 aromatic heterocycles. The van der Waals surface area contributed by atoms with Gasteiger partial charge in [-0.25, -0.2) is 0 Å². The van der Waals surface area contributed by atoms with Crippen LogP contribution in [-0.2, 0) is 16.8 Å². The molecule has 2 aliphatic rings. The number of amides is 2. The molecule has 8 heteroatoms. The van der Waals surface area contributed by atoms with Gasteiger partial charge in [-0.2, -0.15) is 0 Å². The van der Waals surface area contributed by atoms with Crippen molar-refractivity contribution in [1.82, 2.24) is 10.3 Å². The van der Waals surface area contributed by atoms with Crippen LogP contribution in [0.2, 0.25) is 0 Å². The Morgan fingerprint density at radius 3 is 2.70 bits per heavy atom. The number of furan rings is 1. The van der Waals surface area contributed by atoms with Crippen molar-refractivity contribution < 1.29 is 14.0 Å². The Kier molecular flexibility index (Phi) is 6.12. The number of H-pyrrole nitrogens is 1. The van der Waals surface area contributed by atoms with E-state index in [0.717, 1.165) is 48.3 Å². The lowest BCUT2D eigenvalue weighted by Gasteiger charge is -2.36. The summed E-state index contributed by atoms with van der Waals surface area (Å²) in [6, 6.07) is 1.53. The molecular weight excluding hydrogens is 420 g/mol. The van der Waals surface area contributed by atoms with Gasteiger partial charge >= 0.3 is 0 Å². The Labute approximate surface area is 194 Å². The van der Waals surface area contributed by atoms with Crippen LogP contribution in [0.5, 0.6) is 0 Å². The van der Waals surface area contributed by atoms with Crippen LogP contribution in [0.1, 0.15) is 85.9 Å². The minimum atomic E-state index is -0.505. The highest BCUT2D eigenvalue weighted by molar-refractivity contribution is 6.02. The summed E-state index contributed by atoms with van der Waals surface area (Å²) in [5.41, 5.74) is 1.85. The summed E-state index contributed by atoms with van der Waals surface area (Å²) in [6.07, 6.45) is 4.53. The molecular formula is C25H34N4O4. The standard InChI is InChI=1S/C25H34N4O4/c1-6-14(2)26-23(31)17-13-18(29-12-8-10-20(29)30)24(32)27-22(17)28-25(5)11-7-9-19-21(25)15(3)16(4)33-19/h13-14H,6-12H2,1-5H3,(H,26,31)(H2,27,28,32). The topological polar surface area (TPSA) is 107 Å². The van der Waals surface area contributed by atoms with Crippen molar-refractivity contribution in [3.8, 4) is 0 Å². The monoisotopic (exact) mass is 454 g/mol. The number of rotatable bonds is 6. The molecule has 3 N–H and O–H groups in total. The smallest absolute Gasteiger partial charge is 0.273 e. The molecule has 2 amide bonds. The molecule has 0 radical (unpaired) electrons. The zero-order valence-electron chi connectivity index (χ0n) is 20.2. The van der Waals surface area contributed by atoms with Gasteiger partial charge in [-0.05, 0) is 65.0 Å². The van der Waals surface area contributed by atoms with E-state index in [0.29, 0.717) is 30.8 Å². The lowest BCUT2D eigenvalue weighted by atomic mass is 9.79. The Morgan fingerprint density at radius 2 is 2.03 bits per heavy atom. The summed E-state index contributed by atoms with van der Waals surface area (Å²) in [4.78, 5) is 43.0. The van der Waals surface area contributed by atoms with Crippen LogP contribution in [0.4, 0.5) is 11.5 Å². The zero-order chi connectivity index (χ0) is 23.9. The molecule has 1 aliphatic carbocycles. The van der Waals surface area contributed by atoms with Crippen LogP contribution in [0.15, 0.2) is 15.3 Å². The summed E-state index contributed by atoms with van der Waals surface area (Å²) in [5.74, 6) is 1.84. The van der Waals surface area contributed by atoms with E-state index in [1.54, 1.807) is 6.07 Å². The molecule has 1 fully saturated rings. The highest BCUT2D eigenvalue weighted by Gasteiger charge is 2.38. The van der Waals surface area contributed by atoms with Crippen LogP contribution in [0.3, 0.4) is 0 Å². The number of aromatic nitrogens is 1. The first-order chi connectivity index (χ1) is 15.6. The Hall–Kier alpha value is -3.03. The first kappa shape index (κ1) is 23.1. The number of hydrogen-bond acceptors (Lipinski definition) is 5. The van der Waals surface area contributed by atoms with Gasteiger partial charge in [0.05, 0.1) is 11.1 Å². The summed E-state index contributed by atoms with van der Waals surface area (Å²) < 4.78 is 6.00. The summed E-state index contributed by atoms with van der Waals surface area (Å²) in [7, 11) is 0. The van der Waals surface area contributed by atoms with Crippen molar-refractivity contribution in [3.63, 3.8) is 0 Å². The normalized spacial score (nSPS) is 21.1. The Bertz CT molecular complexity index is 1150. The maximum atomic E-state index is 13.3. The number of nitrogens with one attached hydrogen (secondary N) is 3. The van der Waals surface area contributed by atoms with Crippen molar-refractivity contribution in [2.24, 2.45) is 0 Å². The van der Waals surface area contributed by atoms with Gasteiger partial charge < -0.3 is 24.9 Å². The van der Waals surface area contributed by atoms with E-state index in [9.17, 15) is 14.4 Å². The van der Waals surface area contributed by atoms with E-state index < -0.39 is 5.54 Å². The second-order valence-electron chi connectivity index (χ2n) is 9.60. The Morgan fingerprint density at radius 1 is 1.27 bits per heavy atom. The quantitative estimate of drug-likeness (QED) is 0.614. The number of pyridine rings is 1. The molecule has 0 bridgehead atoms. The minimum absolute atomic E-state index is 0.0233. The number of carbonyl (C=O) groups is 2. The van der Waals surface area contributed by atoms with E-state index >= 15 is 0 Å². The average Bonchev–Trinajstić information content (AvgIpc) is 3.31. The number of anilines is 2. The first-order valence-electron chi connectivity index (χ1n) is 11.9. The van der Waals surface area contributed by atoms with E-state index in [2.05, 4.69) is 22.5 Å². The third-order valence-corrected chi connectivity index (χ3v) is 7.11. The molecule has 8 nitrogen and oxygen atoms in total. The number of fused-ring (bicyclic) bond motifs is 1. The number of carbonyl (C=O) groups excluding carboxylic acids is 2. The lowest BCUT2D eigenvalue weighted by Crippen LogP contribution is -2.39. The summed E-state index contributed by atoms with van der Waals surface area (Å²) in [5, 5.41) is 6.49. The van der Waals surface area contributed by atoms with Gasteiger partial charge in [0.2, 0.25) is 5.91 Å². The van der Waals surface area contributed by atoms with Crippen molar-refractivity contribution in [1.29, 1.82) is 0 Å². The molecule has 178 valence electrons. The molecule has 1 aliphatic heterocycles. The molecule has 1 saturated heterocycles. The second kappa shape index (κ2) is 8.72. The number of aromatic amines is 1. The zero-order valence-corrected chi connectivity index (χ0v) is 20.2. The third-order valence-electron chi connectivity index (χ3n) is 7.11. The summed E-state index contributed by atoms with van der Waals surface area (Å²) in [6.45, 7) is 10.5. The van der Waals surface area contributed by atoms with E-state index in [-0.39, 0.29) is 29.1 Å². The van der Waals surface area contributed by atoms with E-state index in [1.165, 1.54) is 4.90 Å². The van der Waals surface area contributed by atoms with Gasteiger partial charge in [0.15, 0.2) is 0 Å². The predicted molar refractivity (Wildman–Crippen MR) is 128 cm³/mol. The first-order valence-corrected chi connectivity index (χ1v) is 11.9. The molecule has 4 rings (SSSR count). The van der Waals surface area contributed by atoms with Gasteiger partial charge in [-0.3, -0.25) is 14.4 Å². The van der Waals surface area contributed by atoms with Gasteiger partial charge in [0.25, 0.3) is 11.5 Å². The molecule has 3 heterocycles.